The average Bonchev–Trinajstić information content (AvgIpc) is 2.61. The predicted octanol–water partition coefficient (Wildman–Crippen LogP) is -1.56. The van der Waals surface area contributed by atoms with Gasteiger partial charge in [0.25, 0.3) is 0 Å². The van der Waals surface area contributed by atoms with Crippen LogP contribution in [0.4, 0.5) is 0 Å². The number of hydrogen-bond donors (Lipinski definition) is 2. The molecule has 0 spiro atoms. The second kappa shape index (κ2) is 1.53. The molecule has 5 atom stereocenters. The average molecular weight is 143 g/mol. The Morgan fingerprint density at radius 2 is 2.30 bits per heavy atom. The van der Waals surface area contributed by atoms with Crippen LogP contribution in [0.3, 0.4) is 0 Å². The van der Waals surface area contributed by atoms with Crippen LogP contribution in [0.2, 0.25) is 0 Å². The fourth-order valence-corrected chi connectivity index (χ4v) is 1.76. The lowest BCUT2D eigenvalue weighted by Gasteiger charge is -2.20. The normalized spacial score (nSPS) is 63.9. The Morgan fingerprint density at radius 3 is 3.20 bits per heavy atom. The van der Waals surface area contributed by atoms with Crippen molar-refractivity contribution in [3.05, 3.63) is 0 Å². The first-order chi connectivity index (χ1) is 4.86. The van der Waals surface area contributed by atoms with Crippen molar-refractivity contribution in [1.82, 2.24) is 5.32 Å². The molecule has 0 amide bonds. The molecule has 2 N–H and O–H groups in total. The van der Waals surface area contributed by atoms with Gasteiger partial charge >= 0.3 is 0 Å². The van der Waals surface area contributed by atoms with Gasteiger partial charge in [-0.1, -0.05) is 0 Å². The molecule has 0 radical (unpaired) electrons. The summed E-state index contributed by atoms with van der Waals surface area (Å²) in [6.45, 7) is 0.556. The largest absolute Gasteiger partial charge is 0.389 e. The van der Waals surface area contributed by atoms with E-state index in [9.17, 15) is 5.11 Å². The molecule has 0 aromatic heterocycles. The Hall–Kier alpha value is -0.160. The van der Waals surface area contributed by atoms with Gasteiger partial charge in [0.05, 0.1) is 24.8 Å². The second-order valence-corrected chi connectivity index (χ2v) is 3.09. The summed E-state index contributed by atoms with van der Waals surface area (Å²) < 4.78 is 10.6. The Labute approximate surface area is 58.1 Å². The Kier molecular flexibility index (Phi) is 0.840. The molecule has 4 nitrogen and oxygen atoms in total. The topological polar surface area (TPSA) is 60.6 Å². The summed E-state index contributed by atoms with van der Waals surface area (Å²) in [5.41, 5.74) is 0. The molecular formula is C6H9NO3. The highest BCUT2D eigenvalue weighted by molar-refractivity contribution is 5.12. The summed E-state index contributed by atoms with van der Waals surface area (Å²) in [6, 6.07) is 0.500. The summed E-state index contributed by atoms with van der Waals surface area (Å²) in [5, 5.41) is 12.6. The van der Waals surface area contributed by atoms with Gasteiger partial charge < -0.3 is 19.9 Å². The molecule has 0 saturated carbocycles. The molecule has 0 aliphatic carbocycles. The third-order valence-corrected chi connectivity index (χ3v) is 2.44. The molecule has 3 aliphatic heterocycles. The van der Waals surface area contributed by atoms with Crippen molar-refractivity contribution in [2.24, 2.45) is 0 Å². The van der Waals surface area contributed by atoms with E-state index in [-0.39, 0.29) is 30.6 Å². The minimum atomic E-state index is -0.358. The molecule has 0 aromatic rings. The third kappa shape index (κ3) is 0.509. The summed E-state index contributed by atoms with van der Waals surface area (Å²) in [4.78, 5) is 0. The van der Waals surface area contributed by atoms with Gasteiger partial charge in [-0.05, 0) is 0 Å². The van der Waals surface area contributed by atoms with Gasteiger partial charge in [0.1, 0.15) is 6.10 Å². The van der Waals surface area contributed by atoms with Gasteiger partial charge in [0.2, 0.25) is 0 Å². The molecule has 4 heteroatoms. The summed E-state index contributed by atoms with van der Waals surface area (Å²) in [5.74, 6) is 0. The number of aliphatic hydroxyl groups excluding tert-OH is 1. The highest BCUT2D eigenvalue weighted by Crippen LogP contribution is 2.35. The maximum atomic E-state index is 9.44. The minimum absolute atomic E-state index is 0.0822. The summed E-state index contributed by atoms with van der Waals surface area (Å²) in [7, 11) is 0. The standard InChI is InChI=1S/C6H9NO3/c8-5-2-1-9-6(10-2)4-3(5)7-4/h2-8H,1H2/t2-,3-,4+,5-,6-/m1/s1. The molecule has 3 saturated heterocycles. The van der Waals surface area contributed by atoms with Gasteiger partial charge in [-0.3, -0.25) is 0 Å². The van der Waals surface area contributed by atoms with Crippen LogP contribution in [0.1, 0.15) is 0 Å². The van der Waals surface area contributed by atoms with E-state index >= 15 is 0 Å². The van der Waals surface area contributed by atoms with Crippen molar-refractivity contribution in [1.29, 1.82) is 0 Å². The molecule has 3 heterocycles. The zero-order valence-corrected chi connectivity index (χ0v) is 5.36. The fourth-order valence-electron chi connectivity index (χ4n) is 1.76. The van der Waals surface area contributed by atoms with E-state index in [1.54, 1.807) is 0 Å². The van der Waals surface area contributed by atoms with Gasteiger partial charge in [-0.15, -0.1) is 0 Å². The first kappa shape index (κ1) is 5.49. The van der Waals surface area contributed by atoms with Crippen LogP contribution in [0, 0.1) is 0 Å². The molecule has 3 rings (SSSR count). The van der Waals surface area contributed by atoms with Crippen LogP contribution in [-0.2, 0) is 9.47 Å². The van der Waals surface area contributed by atoms with Gasteiger partial charge in [0, 0.05) is 0 Å². The predicted molar refractivity (Wildman–Crippen MR) is 31.3 cm³/mol. The summed E-state index contributed by atoms with van der Waals surface area (Å²) >= 11 is 0. The van der Waals surface area contributed by atoms with E-state index < -0.39 is 0 Å². The van der Waals surface area contributed by atoms with Gasteiger partial charge in [-0.25, -0.2) is 0 Å². The molecule has 0 unspecified atom stereocenters. The first-order valence-electron chi connectivity index (χ1n) is 3.57. The zero-order chi connectivity index (χ0) is 6.72. The highest BCUT2D eigenvalue weighted by Gasteiger charge is 2.58. The smallest absolute Gasteiger partial charge is 0.175 e. The number of fused-ring (bicyclic) bond motifs is 4. The maximum Gasteiger partial charge on any atom is 0.175 e. The highest BCUT2D eigenvalue weighted by atomic mass is 16.7. The first-order valence-corrected chi connectivity index (χ1v) is 3.57. The Bertz CT molecular complexity index is 172. The maximum absolute atomic E-state index is 9.44. The lowest BCUT2D eigenvalue weighted by atomic mass is 10.1. The van der Waals surface area contributed by atoms with E-state index in [1.807, 2.05) is 0 Å². The van der Waals surface area contributed by atoms with Crippen LogP contribution in [0.25, 0.3) is 0 Å². The molecule has 10 heavy (non-hydrogen) atoms. The molecule has 3 aliphatic rings. The van der Waals surface area contributed by atoms with Crippen LogP contribution < -0.4 is 5.32 Å². The lowest BCUT2D eigenvalue weighted by molar-refractivity contribution is -0.101. The van der Waals surface area contributed by atoms with Crippen molar-refractivity contribution < 1.29 is 14.6 Å². The van der Waals surface area contributed by atoms with Crippen LogP contribution in [0.5, 0.6) is 0 Å². The van der Waals surface area contributed by atoms with Crippen molar-refractivity contribution in [2.45, 2.75) is 30.6 Å². The SMILES string of the molecule is O[C@H]1[C@@H]2N[C@@H]2[C@@H]2OC[C@H]1O2. The van der Waals surface area contributed by atoms with Gasteiger partial charge in [0.15, 0.2) is 6.29 Å². The van der Waals surface area contributed by atoms with Crippen molar-refractivity contribution >= 4 is 0 Å². The molecule has 3 fully saturated rings. The van der Waals surface area contributed by atoms with E-state index in [0.29, 0.717) is 6.61 Å². The van der Waals surface area contributed by atoms with Crippen molar-refractivity contribution in [3.8, 4) is 0 Å². The van der Waals surface area contributed by atoms with Crippen LogP contribution in [-0.4, -0.2) is 42.3 Å². The molecular weight excluding hydrogens is 134 g/mol. The van der Waals surface area contributed by atoms with E-state index in [4.69, 9.17) is 9.47 Å². The van der Waals surface area contributed by atoms with Crippen molar-refractivity contribution in [3.63, 3.8) is 0 Å². The van der Waals surface area contributed by atoms with Crippen molar-refractivity contribution in [2.75, 3.05) is 6.61 Å². The Morgan fingerprint density at radius 1 is 1.40 bits per heavy atom. The number of aliphatic hydroxyl groups is 1. The molecule has 0 aromatic carbocycles. The monoisotopic (exact) mass is 143 g/mol. The quantitative estimate of drug-likeness (QED) is 0.403. The number of rotatable bonds is 0. The van der Waals surface area contributed by atoms with E-state index in [2.05, 4.69) is 5.32 Å². The zero-order valence-electron chi connectivity index (χ0n) is 5.36. The summed E-state index contributed by atoms with van der Waals surface area (Å²) in [6.07, 6.45) is -0.525. The molecule has 2 bridgehead atoms. The lowest BCUT2D eigenvalue weighted by Crippen LogP contribution is -2.39. The number of ether oxygens (including phenoxy) is 2. The molecule has 56 valence electrons. The number of nitrogens with one attached hydrogen (secondary N) is 1. The third-order valence-electron chi connectivity index (χ3n) is 2.44. The fraction of sp³-hybridized carbons (Fsp3) is 1.00. The van der Waals surface area contributed by atoms with Crippen LogP contribution >= 0.6 is 0 Å². The minimum Gasteiger partial charge on any atom is -0.389 e. The Balaban J connectivity index is 1.91. The van der Waals surface area contributed by atoms with Gasteiger partial charge in [-0.2, -0.15) is 0 Å². The van der Waals surface area contributed by atoms with Crippen LogP contribution in [0.15, 0.2) is 0 Å². The van der Waals surface area contributed by atoms with E-state index in [0.717, 1.165) is 0 Å². The van der Waals surface area contributed by atoms with E-state index in [1.165, 1.54) is 0 Å². The second-order valence-electron chi connectivity index (χ2n) is 3.09. The number of hydrogen-bond acceptors (Lipinski definition) is 4.